The monoisotopic (exact) mass is 330 g/mol. The van der Waals surface area contributed by atoms with Crippen LogP contribution in [0, 0.1) is 25.2 Å². The smallest absolute Gasteiger partial charge is 0.238 e. The van der Waals surface area contributed by atoms with Crippen LogP contribution in [0.2, 0.25) is 0 Å². The lowest BCUT2D eigenvalue weighted by Gasteiger charge is -2.30. The average Bonchev–Trinajstić information content (AvgIpc) is 2.50. The van der Waals surface area contributed by atoms with Crippen molar-refractivity contribution >= 4 is 17.5 Å². The normalized spacial score (nSPS) is 11.1. The quantitative estimate of drug-likeness (QED) is 0.865. The minimum Gasteiger partial charge on any atom is -0.326 e. The van der Waals surface area contributed by atoms with Crippen LogP contribution in [0.25, 0.3) is 0 Å². The molecule has 0 unspecified atom stereocenters. The van der Waals surface area contributed by atoms with Gasteiger partial charge in [0.1, 0.15) is 5.54 Å². The molecule has 1 N–H and O–H groups in total. The van der Waals surface area contributed by atoms with E-state index in [0.29, 0.717) is 0 Å². The molecule has 130 valence electrons. The third kappa shape index (κ3) is 5.07. The van der Waals surface area contributed by atoms with Crippen molar-refractivity contribution in [2.24, 2.45) is 0 Å². The lowest BCUT2D eigenvalue weighted by molar-refractivity contribution is -0.134. The first-order valence-corrected chi connectivity index (χ1v) is 7.81. The van der Waals surface area contributed by atoms with Gasteiger partial charge in [-0.3, -0.25) is 14.5 Å². The number of carbonyl (C=O) groups excluding carboxylic acids is 2. The van der Waals surface area contributed by atoms with E-state index in [1.165, 1.54) is 4.90 Å². The van der Waals surface area contributed by atoms with Crippen molar-refractivity contribution in [3.05, 3.63) is 29.3 Å². The van der Waals surface area contributed by atoms with Gasteiger partial charge in [-0.15, -0.1) is 0 Å². The molecule has 2 amide bonds. The Morgan fingerprint density at radius 3 is 2.42 bits per heavy atom. The lowest BCUT2D eigenvalue weighted by atomic mass is 10.1. The van der Waals surface area contributed by atoms with Gasteiger partial charge in [0.25, 0.3) is 0 Å². The van der Waals surface area contributed by atoms with Gasteiger partial charge in [0.2, 0.25) is 11.8 Å². The number of carbonyl (C=O) groups is 2. The van der Waals surface area contributed by atoms with E-state index in [1.54, 1.807) is 32.8 Å². The topological polar surface area (TPSA) is 76.4 Å². The van der Waals surface area contributed by atoms with E-state index in [1.807, 2.05) is 32.0 Å². The zero-order chi connectivity index (χ0) is 18.5. The van der Waals surface area contributed by atoms with Gasteiger partial charge in [0.15, 0.2) is 0 Å². The predicted molar refractivity (Wildman–Crippen MR) is 94.5 cm³/mol. The Morgan fingerprint density at radius 2 is 1.83 bits per heavy atom. The van der Waals surface area contributed by atoms with E-state index in [4.69, 9.17) is 5.26 Å². The van der Waals surface area contributed by atoms with E-state index in [-0.39, 0.29) is 24.9 Å². The highest BCUT2D eigenvalue weighted by Crippen LogP contribution is 2.17. The number of aryl methyl sites for hydroxylation is 1. The number of hydrogen-bond donors (Lipinski definition) is 1. The molecule has 0 heterocycles. The number of rotatable bonds is 6. The van der Waals surface area contributed by atoms with Crippen LogP contribution < -0.4 is 5.32 Å². The summed E-state index contributed by atoms with van der Waals surface area (Å²) in [5.74, 6) is -0.384. The maximum Gasteiger partial charge on any atom is 0.238 e. The van der Waals surface area contributed by atoms with E-state index in [2.05, 4.69) is 11.4 Å². The molecule has 0 aliphatic carbocycles. The average molecular weight is 330 g/mol. The molecule has 0 aromatic heterocycles. The lowest BCUT2D eigenvalue weighted by Crippen LogP contribution is -2.48. The van der Waals surface area contributed by atoms with Gasteiger partial charge < -0.3 is 10.2 Å². The number of anilines is 1. The maximum atomic E-state index is 12.2. The summed E-state index contributed by atoms with van der Waals surface area (Å²) in [6, 6.07) is 7.82. The van der Waals surface area contributed by atoms with E-state index >= 15 is 0 Å². The largest absolute Gasteiger partial charge is 0.326 e. The van der Waals surface area contributed by atoms with Gasteiger partial charge in [-0.25, -0.2) is 0 Å². The molecule has 0 bridgehead atoms. The Labute approximate surface area is 144 Å². The summed E-state index contributed by atoms with van der Waals surface area (Å²) in [6.07, 6.45) is 0. The first kappa shape index (κ1) is 19.7. The highest BCUT2D eigenvalue weighted by atomic mass is 16.2. The van der Waals surface area contributed by atoms with Crippen molar-refractivity contribution in [3.63, 3.8) is 0 Å². The Bertz CT molecular complexity index is 661. The van der Waals surface area contributed by atoms with Crippen molar-refractivity contribution in [1.29, 1.82) is 5.26 Å². The molecule has 0 spiro atoms. The molecule has 0 atom stereocenters. The maximum absolute atomic E-state index is 12.2. The minimum absolute atomic E-state index is 0.0713. The SMILES string of the molecule is Cc1cccc(NC(=O)CN(C)CC(=O)N(C)C(C)(C)C#N)c1C. The standard InChI is InChI=1S/C18H26N4O2/c1-13-8-7-9-15(14(13)2)20-16(23)10-21(5)11-17(24)22(6)18(3,4)12-19/h7-9H,10-11H2,1-6H3,(H,20,23). The summed E-state index contributed by atoms with van der Waals surface area (Å²) in [4.78, 5) is 27.4. The number of hydrogen-bond acceptors (Lipinski definition) is 4. The van der Waals surface area contributed by atoms with Gasteiger partial charge in [0, 0.05) is 12.7 Å². The number of benzene rings is 1. The summed E-state index contributed by atoms with van der Waals surface area (Å²) in [6.45, 7) is 7.47. The summed E-state index contributed by atoms with van der Waals surface area (Å²) in [5, 5.41) is 12.0. The molecule has 1 aromatic carbocycles. The van der Waals surface area contributed by atoms with Crippen molar-refractivity contribution in [3.8, 4) is 6.07 Å². The van der Waals surface area contributed by atoms with Gasteiger partial charge in [-0.05, 0) is 51.9 Å². The molecular weight excluding hydrogens is 304 g/mol. The Morgan fingerprint density at radius 1 is 1.21 bits per heavy atom. The van der Waals surface area contributed by atoms with Crippen LogP contribution in [-0.2, 0) is 9.59 Å². The van der Waals surface area contributed by atoms with Gasteiger partial charge in [0.05, 0.1) is 19.2 Å². The van der Waals surface area contributed by atoms with Crippen LogP contribution in [0.1, 0.15) is 25.0 Å². The van der Waals surface area contributed by atoms with Crippen LogP contribution in [0.4, 0.5) is 5.69 Å². The molecule has 0 aliphatic rings. The van der Waals surface area contributed by atoms with Gasteiger partial charge in [-0.1, -0.05) is 12.1 Å². The predicted octanol–water partition coefficient (Wildman–Crippen LogP) is 1.93. The van der Waals surface area contributed by atoms with Crippen LogP contribution in [-0.4, -0.2) is 54.3 Å². The molecule has 6 heteroatoms. The number of nitrogens with one attached hydrogen (secondary N) is 1. The molecule has 6 nitrogen and oxygen atoms in total. The Balaban J connectivity index is 2.60. The summed E-state index contributed by atoms with van der Waals surface area (Å²) in [7, 11) is 3.30. The molecular formula is C18H26N4O2. The summed E-state index contributed by atoms with van der Waals surface area (Å²) < 4.78 is 0. The third-order valence-corrected chi connectivity index (χ3v) is 4.18. The highest BCUT2D eigenvalue weighted by molar-refractivity contribution is 5.93. The zero-order valence-corrected chi connectivity index (χ0v) is 15.3. The first-order valence-electron chi connectivity index (χ1n) is 7.81. The van der Waals surface area contributed by atoms with E-state index in [0.717, 1.165) is 16.8 Å². The zero-order valence-electron chi connectivity index (χ0n) is 15.3. The molecule has 0 aliphatic heterocycles. The van der Waals surface area contributed by atoms with Crippen molar-refractivity contribution in [1.82, 2.24) is 9.80 Å². The number of nitriles is 1. The number of likely N-dealkylation sites (N-methyl/N-ethyl adjacent to an activating group) is 2. The molecule has 0 radical (unpaired) electrons. The third-order valence-electron chi connectivity index (χ3n) is 4.18. The summed E-state index contributed by atoms with van der Waals surface area (Å²) >= 11 is 0. The minimum atomic E-state index is -0.876. The molecule has 1 aromatic rings. The fraction of sp³-hybridized carbons (Fsp3) is 0.500. The van der Waals surface area contributed by atoms with E-state index < -0.39 is 5.54 Å². The number of amides is 2. The van der Waals surface area contributed by atoms with Crippen LogP contribution >= 0.6 is 0 Å². The van der Waals surface area contributed by atoms with Crippen LogP contribution in [0.15, 0.2) is 18.2 Å². The second-order valence-corrected chi connectivity index (χ2v) is 6.59. The fourth-order valence-electron chi connectivity index (χ4n) is 2.10. The Kier molecular flexibility index (Phi) is 6.50. The highest BCUT2D eigenvalue weighted by Gasteiger charge is 2.27. The summed E-state index contributed by atoms with van der Waals surface area (Å²) in [5.41, 5.74) is 2.04. The molecule has 0 fully saturated rings. The first-order chi connectivity index (χ1) is 11.1. The molecule has 0 saturated heterocycles. The fourth-order valence-corrected chi connectivity index (χ4v) is 2.10. The molecule has 0 saturated carbocycles. The van der Waals surface area contributed by atoms with Crippen LogP contribution in [0.3, 0.4) is 0 Å². The van der Waals surface area contributed by atoms with Crippen molar-refractivity contribution in [2.75, 3.05) is 32.5 Å². The van der Waals surface area contributed by atoms with Gasteiger partial charge in [-0.2, -0.15) is 5.26 Å². The van der Waals surface area contributed by atoms with E-state index in [9.17, 15) is 9.59 Å². The second kappa shape index (κ2) is 7.93. The molecule has 1 rings (SSSR count). The number of nitrogens with zero attached hydrogens (tertiary/aromatic N) is 3. The van der Waals surface area contributed by atoms with Gasteiger partial charge >= 0.3 is 0 Å². The van der Waals surface area contributed by atoms with Crippen molar-refractivity contribution in [2.45, 2.75) is 33.2 Å². The molecule has 24 heavy (non-hydrogen) atoms. The Hall–Kier alpha value is -2.39. The van der Waals surface area contributed by atoms with Crippen molar-refractivity contribution < 1.29 is 9.59 Å². The van der Waals surface area contributed by atoms with Crippen LogP contribution in [0.5, 0.6) is 0 Å². The second-order valence-electron chi connectivity index (χ2n) is 6.59.